The van der Waals surface area contributed by atoms with Gasteiger partial charge in [-0.05, 0) is 43.2 Å². The van der Waals surface area contributed by atoms with E-state index in [-0.39, 0.29) is 5.78 Å². The smallest absolute Gasteiger partial charge is 0.227 e. The Hall–Kier alpha value is -3.55. The van der Waals surface area contributed by atoms with Gasteiger partial charge in [0.15, 0.2) is 5.78 Å². The number of halogens is 1. The molecule has 1 unspecified atom stereocenters. The third-order valence-corrected chi connectivity index (χ3v) is 7.23. The minimum absolute atomic E-state index is 0.0213. The lowest BCUT2D eigenvalue weighted by Crippen LogP contribution is -2.27. The van der Waals surface area contributed by atoms with Crippen LogP contribution in [0.1, 0.15) is 36.6 Å². The summed E-state index contributed by atoms with van der Waals surface area (Å²) in [5.74, 6) is 2.03. The predicted molar refractivity (Wildman–Crippen MR) is 143 cm³/mol. The highest BCUT2D eigenvalue weighted by molar-refractivity contribution is 7.98. The van der Waals surface area contributed by atoms with E-state index >= 15 is 0 Å². The number of carbonyl (C=O) groups is 1. The van der Waals surface area contributed by atoms with Gasteiger partial charge in [0, 0.05) is 27.6 Å². The number of nitrogens with zero attached hydrogens (tertiary/aromatic N) is 3. The molecule has 2 heterocycles. The molecule has 4 aromatic rings. The molecule has 182 valence electrons. The molecule has 1 aliphatic rings. The average Bonchev–Trinajstić information content (AvgIpc) is 3.29. The lowest BCUT2D eigenvalue weighted by molar-refractivity contribution is -0.114. The van der Waals surface area contributed by atoms with Crippen molar-refractivity contribution in [3.8, 4) is 5.75 Å². The summed E-state index contributed by atoms with van der Waals surface area (Å²) < 4.78 is 7.85. The van der Waals surface area contributed by atoms with E-state index in [0.29, 0.717) is 34.1 Å². The summed E-state index contributed by atoms with van der Waals surface area (Å²) in [7, 11) is 0. The van der Waals surface area contributed by atoms with Crippen LogP contribution in [0.2, 0.25) is 5.02 Å². The van der Waals surface area contributed by atoms with Crippen molar-refractivity contribution in [3.05, 3.63) is 112 Å². The van der Waals surface area contributed by atoms with Crippen LogP contribution >= 0.6 is 23.4 Å². The molecule has 0 aliphatic carbocycles. The Labute approximate surface area is 219 Å². The first-order valence-corrected chi connectivity index (χ1v) is 12.9. The van der Waals surface area contributed by atoms with Crippen LogP contribution in [0.5, 0.6) is 5.75 Å². The summed E-state index contributed by atoms with van der Waals surface area (Å²) in [5.41, 5.74) is 4.42. The second kappa shape index (κ2) is 10.6. The van der Waals surface area contributed by atoms with Gasteiger partial charge in [-0.3, -0.25) is 4.79 Å². The summed E-state index contributed by atoms with van der Waals surface area (Å²) in [6.45, 7) is 3.83. The minimum atomic E-state index is -0.416. The van der Waals surface area contributed by atoms with Crippen LogP contribution in [-0.2, 0) is 17.2 Å². The highest BCUT2D eigenvalue weighted by Crippen LogP contribution is 2.38. The molecular formula is C28H25ClN4O2S. The predicted octanol–water partition coefficient (Wildman–Crippen LogP) is 6.68. The van der Waals surface area contributed by atoms with Crippen molar-refractivity contribution >= 4 is 35.1 Å². The van der Waals surface area contributed by atoms with Crippen molar-refractivity contribution in [3.63, 3.8) is 0 Å². The van der Waals surface area contributed by atoms with E-state index in [9.17, 15) is 4.79 Å². The first kappa shape index (κ1) is 24.2. The van der Waals surface area contributed by atoms with E-state index in [1.54, 1.807) is 23.4 Å². The number of thioether (sulfide) groups is 1. The molecule has 5 rings (SSSR count). The SMILES string of the molecule is CC(=O)C1=C(C)Nc2nc(SCc3ccccc3)nn2C1c1cccc(OCc2ccccc2Cl)c1. The molecule has 1 N–H and O–H groups in total. The molecule has 1 aromatic heterocycles. The zero-order chi connectivity index (χ0) is 25.1. The Morgan fingerprint density at radius 3 is 2.64 bits per heavy atom. The van der Waals surface area contributed by atoms with Gasteiger partial charge in [0.05, 0.1) is 0 Å². The summed E-state index contributed by atoms with van der Waals surface area (Å²) in [6, 6.07) is 25.2. The van der Waals surface area contributed by atoms with E-state index in [0.717, 1.165) is 22.6 Å². The van der Waals surface area contributed by atoms with Gasteiger partial charge < -0.3 is 10.1 Å². The van der Waals surface area contributed by atoms with Crippen LogP contribution in [0.3, 0.4) is 0 Å². The van der Waals surface area contributed by atoms with Crippen LogP contribution < -0.4 is 10.1 Å². The Bertz CT molecular complexity index is 1430. The summed E-state index contributed by atoms with van der Waals surface area (Å²) >= 11 is 7.85. The molecule has 0 spiro atoms. The number of benzene rings is 3. The highest BCUT2D eigenvalue weighted by Gasteiger charge is 2.33. The third kappa shape index (κ3) is 5.17. The average molecular weight is 517 g/mol. The number of carbonyl (C=O) groups excluding carboxylic acids is 1. The second-order valence-electron chi connectivity index (χ2n) is 8.51. The number of allylic oxidation sites excluding steroid dienone is 2. The normalized spacial score (nSPS) is 14.8. The van der Waals surface area contributed by atoms with E-state index in [4.69, 9.17) is 26.4 Å². The number of hydrogen-bond acceptors (Lipinski definition) is 6. The zero-order valence-electron chi connectivity index (χ0n) is 19.9. The third-order valence-electron chi connectivity index (χ3n) is 5.95. The minimum Gasteiger partial charge on any atom is -0.489 e. The quantitative estimate of drug-likeness (QED) is 0.263. The molecule has 0 amide bonds. The topological polar surface area (TPSA) is 69.0 Å². The van der Waals surface area contributed by atoms with Gasteiger partial charge in [-0.25, -0.2) is 4.68 Å². The first-order valence-electron chi connectivity index (χ1n) is 11.6. The number of ether oxygens (including phenoxy) is 1. The summed E-state index contributed by atoms with van der Waals surface area (Å²) in [5, 5.41) is 9.37. The van der Waals surface area contributed by atoms with E-state index in [1.807, 2.05) is 73.7 Å². The van der Waals surface area contributed by atoms with E-state index in [2.05, 4.69) is 17.4 Å². The standard InChI is InChI=1S/C28H25ClN4O2S/c1-18-25(19(2)34)26(21-12-8-13-23(15-21)35-16-22-11-6-7-14-24(22)29)33-27(30-18)31-28(32-33)36-17-20-9-4-3-5-10-20/h3-15,26H,16-17H2,1-2H3,(H,30,31,32). The van der Waals surface area contributed by atoms with Crippen molar-refractivity contribution in [2.24, 2.45) is 0 Å². The number of hydrogen-bond donors (Lipinski definition) is 1. The fourth-order valence-electron chi connectivity index (χ4n) is 4.23. The van der Waals surface area contributed by atoms with E-state index < -0.39 is 6.04 Å². The molecule has 1 atom stereocenters. The summed E-state index contributed by atoms with van der Waals surface area (Å²) in [6.07, 6.45) is 0. The number of ketones is 1. The van der Waals surface area contributed by atoms with Crippen molar-refractivity contribution in [2.45, 2.75) is 37.4 Å². The largest absolute Gasteiger partial charge is 0.489 e. The molecule has 36 heavy (non-hydrogen) atoms. The van der Waals surface area contributed by atoms with Crippen LogP contribution in [0, 0.1) is 0 Å². The molecule has 0 radical (unpaired) electrons. The van der Waals surface area contributed by atoms with Crippen LogP contribution in [-0.4, -0.2) is 20.5 Å². The number of fused-ring (bicyclic) bond motifs is 1. The Balaban J connectivity index is 1.44. The Morgan fingerprint density at radius 1 is 1.08 bits per heavy atom. The van der Waals surface area contributed by atoms with Gasteiger partial charge in [0.2, 0.25) is 11.1 Å². The Kier molecular flexibility index (Phi) is 7.11. The first-order chi connectivity index (χ1) is 17.5. The fraction of sp³-hybridized carbons (Fsp3) is 0.179. The molecule has 8 heteroatoms. The monoisotopic (exact) mass is 516 g/mol. The maximum atomic E-state index is 12.7. The van der Waals surface area contributed by atoms with Gasteiger partial charge >= 0.3 is 0 Å². The van der Waals surface area contributed by atoms with Crippen molar-refractivity contribution in [2.75, 3.05) is 5.32 Å². The second-order valence-corrected chi connectivity index (χ2v) is 9.86. The van der Waals surface area contributed by atoms with E-state index in [1.165, 1.54) is 5.56 Å². The molecule has 0 fully saturated rings. The van der Waals surface area contributed by atoms with Gasteiger partial charge in [0.25, 0.3) is 0 Å². The highest BCUT2D eigenvalue weighted by atomic mass is 35.5. The van der Waals surface area contributed by atoms with Crippen LogP contribution in [0.15, 0.2) is 95.3 Å². The molecule has 0 bridgehead atoms. The number of rotatable bonds is 8. The van der Waals surface area contributed by atoms with Crippen molar-refractivity contribution < 1.29 is 9.53 Å². The molecule has 6 nitrogen and oxygen atoms in total. The maximum absolute atomic E-state index is 12.7. The molecule has 0 saturated carbocycles. The number of aromatic nitrogens is 3. The molecule has 1 aliphatic heterocycles. The van der Waals surface area contributed by atoms with Crippen LogP contribution in [0.4, 0.5) is 5.95 Å². The fourth-order valence-corrected chi connectivity index (χ4v) is 5.21. The molecular weight excluding hydrogens is 492 g/mol. The number of anilines is 1. The van der Waals surface area contributed by atoms with Crippen molar-refractivity contribution in [1.82, 2.24) is 14.8 Å². The molecule has 0 saturated heterocycles. The van der Waals surface area contributed by atoms with Gasteiger partial charge in [-0.15, -0.1) is 5.10 Å². The summed E-state index contributed by atoms with van der Waals surface area (Å²) in [4.78, 5) is 17.4. The zero-order valence-corrected chi connectivity index (χ0v) is 21.5. The number of Topliss-reactive ketones (excluding diaryl/α,β-unsaturated/α-hetero) is 1. The Morgan fingerprint density at radius 2 is 1.86 bits per heavy atom. The van der Waals surface area contributed by atoms with Gasteiger partial charge in [0.1, 0.15) is 18.4 Å². The lowest BCUT2D eigenvalue weighted by Gasteiger charge is -2.28. The van der Waals surface area contributed by atoms with Gasteiger partial charge in [-0.1, -0.05) is 84.0 Å². The maximum Gasteiger partial charge on any atom is 0.227 e. The number of nitrogens with one attached hydrogen (secondary N) is 1. The van der Waals surface area contributed by atoms with Gasteiger partial charge in [-0.2, -0.15) is 4.98 Å². The molecule has 3 aromatic carbocycles. The van der Waals surface area contributed by atoms with Crippen molar-refractivity contribution in [1.29, 1.82) is 0 Å². The lowest BCUT2D eigenvalue weighted by atomic mass is 9.93. The van der Waals surface area contributed by atoms with Crippen LogP contribution in [0.25, 0.3) is 0 Å².